The van der Waals surface area contributed by atoms with Crippen molar-refractivity contribution in [2.24, 2.45) is 0 Å². The van der Waals surface area contributed by atoms with Gasteiger partial charge in [-0.1, -0.05) is 0 Å². The van der Waals surface area contributed by atoms with E-state index in [0.29, 0.717) is 12.1 Å². The molecule has 0 saturated carbocycles. The molecular weight excluding hydrogens is 287 g/mol. The van der Waals surface area contributed by atoms with Crippen LogP contribution in [-0.4, -0.2) is 25.5 Å². The number of hydrogen-bond donors (Lipinski definition) is 2. The maximum atomic E-state index is 12.3. The summed E-state index contributed by atoms with van der Waals surface area (Å²) in [5.74, 6) is -1.39. The Morgan fingerprint density at radius 2 is 1.74 bits per heavy atom. The number of nitrogens with one attached hydrogen (secondary N) is 1. The van der Waals surface area contributed by atoms with Crippen LogP contribution in [-0.2, 0) is 21.0 Å². The lowest BCUT2D eigenvalue weighted by Crippen LogP contribution is -2.38. The predicted octanol–water partition coefficient (Wildman–Crippen LogP) is 1.46. The second-order valence-corrected chi connectivity index (χ2v) is 5.42. The summed E-state index contributed by atoms with van der Waals surface area (Å²) in [5.41, 5.74) is -0.988. The third-order valence-electron chi connectivity index (χ3n) is 2.19. The van der Waals surface area contributed by atoms with Gasteiger partial charge in [-0.2, -0.15) is 17.9 Å². The Balaban J connectivity index is 3.01. The van der Waals surface area contributed by atoms with E-state index in [2.05, 4.69) is 0 Å². The van der Waals surface area contributed by atoms with E-state index in [-0.39, 0.29) is 0 Å². The molecule has 0 aliphatic heterocycles. The standard InChI is InChI=1S/C10H10F3NO4S/c1-6(9(15)16)14-19(17,18)8-4-2-7(3-5-8)10(11,12)13/h2-6,14H,1H3,(H,15,16). The summed E-state index contributed by atoms with van der Waals surface area (Å²) < 4.78 is 62.0. The normalized spacial score (nSPS) is 14.1. The van der Waals surface area contributed by atoms with Crippen molar-refractivity contribution in [3.05, 3.63) is 29.8 Å². The van der Waals surface area contributed by atoms with Gasteiger partial charge in [0.25, 0.3) is 0 Å². The van der Waals surface area contributed by atoms with Crippen LogP contribution < -0.4 is 4.72 Å². The zero-order valence-corrected chi connectivity index (χ0v) is 10.4. The van der Waals surface area contributed by atoms with E-state index in [1.165, 1.54) is 0 Å². The minimum absolute atomic E-state index is 0.436. The highest BCUT2D eigenvalue weighted by Crippen LogP contribution is 2.29. The molecule has 1 aromatic carbocycles. The smallest absolute Gasteiger partial charge is 0.416 e. The zero-order chi connectivity index (χ0) is 14.8. The van der Waals surface area contributed by atoms with Crippen LogP contribution in [0.2, 0.25) is 0 Å². The average molecular weight is 297 g/mol. The van der Waals surface area contributed by atoms with Crippen molar-refractivity contribution in [3.63, 3.8) is 0 Å². The fraction of sp³-hybridized carbons (Fsp3) is 0.300. The third-order valence-corrected chi connectivity index (χ3v) is 3.75. The fourth-order valence-electron chi connectivity index (χ4n) is 1.17. The monoisotopic (exact) mass is 297 g/mol. The highest BCUT2D eigenvalue weighted by atomic mass is 32.2. The first-order valence-corrected chi connectivity index (χ1v) is 6.45. The lowest BCUT2D eigenvalue weighted by atomic mass is 10.2. The van der Waals surface area contributed by atoms with Gasteiger partial charge < -0.3 is 5.11 Å². The van der Waals surface area contributed by atoms with E-state index in [9.17, 15) is 26.4 Å². The Morgan fingerprint density at radius 1 is 1.26 bits per heavy atom. The average Bonchev–Trinajstić information content (AvgIpc) is 2.27. The van der Waals surface area contributed by atoms with Crippen molar-refractivity contribution in [1.29, 1.82) is 0 Å². The molecule has 0 aromatic heterocycles. The maximum Gasteiger partial charge on any atom is 0.416 e. The highest BCUT2D eigenvalue weighted by molar-refractivity contribution is 7.89. The molecule has 1 atom stereocenters. The number of benzene rings is 1. The number of carboxylic acids is 1. The molecule has 19 heavy (non-hydrogen) atoms. The summed E-state index contributed by atoms with van der Waals surface area (Å²) in [6.07, 6.45) is -4.57. The lowest BCUT2D eigenvalue weighted by Gasteiger charge is -2.11. The van der Waals surface area contributed by atoms with Gasteiger partial charge in [-0.15, -0.1) is 0 Å². The van der Waals surface area contributed by atoms with E-state index < -0.39 is 38.7 Å². The van der Waals surface area contributed by atoms with Crippen LogP contribution in [0.25, 0.3) is 0 Å². The minimum Gasteiger partial charge on any atom is -0.480 e. The maximum absolute atomic E-state index is 12.3. The summed E-state index contributed by atoms with van der Waals surface area (Å²) in [7, 11) is -4.16. The van der Waals surface area contributed by atoms with Crippen LogP contribution in [0.1, 0.15) is 12.5 Å². The van der Waals surface area contributed by atoms with Crippen LogP contribution >= 0.6 is 0 Å². The van der Waals surface area contributed by atoms with Gasteiger partial charge in [0, 0.05) is 0 Å². The largest absolute Gasteiger partial charge is 0.480 e. The van der Waals surface area contributed by atoms with Gasteiger partial charge in [-0.3, -0.25) is 4.79 Å². The van der Waals surface area contributed by atoms with Crippen LogP contribution in [0.3, 0.4) is 0 Å². The molecule has 0 aliphatic rings. The molecule has 5 nitrogen and oxygen atoms in total. The molecule has 1 unspecified atom stereocenters. The third kappa shape index (κ3) is 3.93. The molecule has 2 N–H and O–H groups in total. The molecular formula is C10H10F3NO4S. The summed E-state index contributed by atoms with van der Waals surface area (Å²) in [6.45, 7) is 1.10. The van der Waals surface area contributed by atoms with Crippen molar-refractivity contribution < 1.29 is 31.5 Å². The number of carbonyl (C=O) groups is 1. The van der Waals surface area contributed by atoms with Gasteiger partial charge in [-0.25, -0.2) is 8.42 Å². The van der Waals surface area contributed by atoms with Crippen LogP contribution in [0.4, 0.5) is 13.2 Å². The van der Waals surface area contributed by atoms with Crippen molar-refractivity contribution in [2.75, 3.05) is 0 Å². The molecule has 0 radical (unpaired) electrons. The molecule has 0 heterocycles. The Kier molecular flexibility index (Phi) is 4.21. The van der Waals surface area contributed by atoms with Gasteiger partial charge in [0.15, 0.2) is 0 Å². The Bertz CT molecular complexity index is 565. The fourth-order valence-corrected chi connectivity index (χ4v) is 2.37. The molecule has 0 fully saturated rings. The number of hydrogen-bond acceptors (Lipinski definition) is 3. The van der Waals surface area contributed by atoms with Gasteiger partial charge >= 0.3 is 12.1 Å². The minimum atomic E-state index is -4.57. The van der Waals surface area contributed by atoms with E-state index in [4.69, 9.17) is 5.11 Å². The quantitative estimate of drug-likeness (QED) is 0.881. The number of rotatable bonds is 4. The summed E-state index contributed by atoms with van der Waals surface area (Å²) in [4.78, 5) is 10.1. The number of sulfonamides is 1. The zero-order valence-electron chi connectivity index (χ0n) is 9.60. The second kappa shape index (κ2) is 5.17. The molecule has 0 amide bonds. The number of halogens is 3. The van der Waals surface area contributed by atoms with Crippen LogP contribution in [0.5, 0.6) is 0 Å². The summed E-state index contributed by atoms with van der Waals surface area (Å²) >= 11 is 0. The Hall–Kier alpha value is -1.61. The van der Waals surface area contributed by atoms with E-state index in [1.807, 2.05) is 4.72 Å². The molecule has 0 saturated heterocycles. The lowest BCUT2D eigenvalue weighted by molar-refractivity contribution is -0.139. The molecule has 0 aliphatic carbocycles. The number of alkyl halides is 3. The van der Waals surface area contributed by atoms with E-state index >= 15 is 0 Å². The van der Waals surface area contributed by atoms with E-state index in [1.54, 1.807) is 0 Å². The highest BCUT2D eigenvalue weighted by Gasteiger charge is 2.31. The van der Waals surface area contributed by atoms with Crippen LogP contribution in [0.15, 0.2) is 29.2 Å². The van der Waals surface area contributed by atoms with Gasteiger partial charge in [0.2, 0.25) is 10.0 Å². The van der Waals surface area contributed by atoms with Crippen molar-refractivity contribution >= 4 is 16.0 Å². The van der Waals surface area contributed by atoms with Crippen molar-refractivity contribution in [2.45, 2.75) is 24.0 Å². The molecule has 1 rings (SSSR count). The first kappa shape index (κ1) is 15.4. The van der Waals surface area contributed by atoms with Crippen molar-refractivity contribution in [1.82, 2.24) is 4.72 Å². The van der Waals surface area contributed by atoms with Gasteiger partial charge in [0.05, 0.1) is 10.5 Å². The summed E-state index contributed by atoms with van der Waals surface area (Å²) in [5, 5.41) is 8.57. The second-order valence-electron chi connectivity index (χ2n) is 3.70. The molecule has 0 spiro atoms. The van der Waals surface area contributed by atoms with E-state index in [0.717, 1.165) is 19.1 Å². The number of aliphatic carboxylic acids is 1. The molecule has 9 heteroatoms. The Morgan fingerprint density at radius 3 is 2.11 bits per heavy atom. The summed E-state index contributed by atoms with van der Waals surface area (Å²) in [6, 6.07) is 1.37. The SMILES string of the molecule is CC(NS(=O)(=O)c1ccc(C(F)(F)F)cc1)C(=O)O. The first-order valence-electron chi connectivity index (χ1n) is 4.96. The molecule has 106 valence electrons. The predicted molar refractivity (Wildman–Crippen MR) is 58.9 cm³/mol. The Labute approximate surface area is 107 Å². The molecule has 1 aromatic rings. The van der Waals surface area contributed by atoms with Gasteiger partial charge in [-0.05, 0) is 31.2 Å². The molecule has 0 bridgehead atoms. The van der Waals surface area contributed by atoms with Crippen LogP contribution in [0, 0.1) is 0 Å². The topological polar surface area (TPSA) is 83.5 Å². The number of carboxylic acid groups (broad SMARTS) is 1. The first-order chi connectivity index (χ1) is 8.54. The van der Waals surface area contributed by atoms with Gasteiger partial charge in [0.1, 0.15) is 6.04 Å². The van der Waals surface area contributed by atoms with Crippen molar-refractivity contribution in [3.8, 4) is 0 Å².